The zero-order valence-corrected chi connectivity index (χ0v) is 5.32. The van der Waals surface area contributed by atoms with Crippen LogP contribution in [0, 0.1) is 0 Å². The molecule has 0 aromatic heterocycles. The fraction of sp³-hybridized carbons (Fsp3) is 0.833. The smallest absolute Gasteiger partial charge is 0.220 e. The van der Waals surface area contributed by atoms with Gasteiger partial charge in [0, 0.05) is 13.4 Å². The quantitative estimate of drug-likeness (QED) is 0.499. The van der Waals surface area contributed by atoms with Crippen molar-refractivity contribution >= 4 is 5.91 Å². The van der Waals surface area contributed by atoms with Crippen molar-refractivity contribution in [2.45, 2.75) is 32.2 Å². The molecule has 0 bridgehead atoms. The van der Waals surface area contributed by atoms with Crippen LogP contribution in [0.2, 0.25) is 0 Å². The third-order valence-electron chi connectivity index (χ3n) is 1.45. The maximum atomic E-state index is 10.5. The summed E-state index contributed by atoms with van der Waals surface area (Å²) in [5.41, 5.74) is 0.0666. The fourth-order valence-corrected chi connectivity index (χ4v) is 0.928. The third kappa shape index (κ3) is 0.997. The summed E-state index contributed by atoms with van der Waals surface area (Å²) < 4.78 is 0. The SMILES string of the molecule is CC1(C)CCC(=O)N1.[HH]. The van der Waals surface area contributed by atoms with Crippen LogP contribution in [0.25, 0.3) is 0 Å². The van der Waals surface area contributed by atoms with E-state index in [0.29, 0.717) is 6.42 Å². The molecule has 0 atom stereocenters. The maximum Gasteiger partial charge on any atom is 0.220 e. The lowest BCUT2D eigenvalue weighted by atomic mass is 10.0. The Morgan fingerprint density at radius 1 is 1.75 bits per heavy atom. The van der Waals surface area contributed by atoms with Crippen LogP contribution in [0.4, 0.5) is 0 Å². The molecule has 1 rings (SSSR count). The molecule has 1 N–H and O–H groups in total. The molecule has 1 aliphatic rings. The number of amides is 1. The van der Waals surface area contributed by atoms with E-state index in [1.807, 2.05) is 13.8 Å². The topological polar surface area (TPSA) is 29.1 Å². The van der Waals surface area contributed by atoms with Gasteiger partial charge in [0.15, 0.2) is 0 Å². The Morgan fingerprint density at radius 3 is 2.50 bits per heavy atom. The molecule has 0 saturated carbocycles. The van der Waals surface area contributed by atoms with Crippen molar-refractivity contribution in [3.8, 4) is 0 Å². The van der Waals surface area contributed by atoms with Gasteiger partial charge >= 0.3 is 0 Å². The summed E-state index contributed by atoms with van der Waals surface area (Å²) in [6.45, 7) is 4.08. The van der Waals surface area contributed by atoms with Crippen LogP contribution in [0.5, 0.6) is 0 Å². The molecule has 0 unspecified atom stereocenters. The van der Waals surface area contributed by atoms with Gasteiger partial charge in [0.2, 0.25) is 5.91 Å². The predicted octanol–water partition coefficient (Wildman–Crippen LogP) is 0.921. The Kier molecular flexibility index (Phi) is 1.03. The first-order valence-corrected chi connectivity index (χ1v) is 2.91. The van der Waals surface area contributed by atoms with Crippen molar-refractivity contribution in [1.82, 2.24) is 5.32 Å². The van der Waals surface area contributed by atoms with Crippen molar-refractivity contribution in [2.75, 3.05) is 0 Å². The molecule has 1 saturated heterocycles. The second-order valence-electron chi connectivity index (χ2n) is 2.93. The highest BCUT2D eigenvalue weighted by Crippen LogP contribution is 2.17. The molecule has 48 valence electrons. The van der Waals surface area contributed by atoms with Gasteiger partial charge in [-0.1, -0.05) is 0 Å². The van der Waals surface area contributed by atoms with E-state index in [2.05, 4.69) is 5.32 Å². The van der Waals surface area contributed by atoms with Gasteiger partial charge in [-0.25, -0.2) is 0 Å². The molecule has 1 amide bonds. The van der Waals surface area contributed by atoms with Crippen LogP contribution >= 0.6 is 0 Å². The summed E-state index contributed by atoms with van der Waals surface area (Å²) in [4.78, 5) is 10.5. The minimum atomic E-state index is 0. The highest BCUT2D eigenvalue weighted by atomic mass is 16.2. The van der Waals surface area contributed by atoms with Crippen molar-refractivity contribution in [3.05, 3.63) is 0 Å². The van der Waals surface area contributed by atoms with Crippen molar-refractivity contribution in [3.63, 3.8) is 0 Å². The van der Waals surface area contributed by atoms with Gasteiger partial charge in [0.25, 0.3) is 0 Å². The number of rotatable bonds is 0. The molecule has 0 aliphatic carbocycles. The highest BCUT2D eigenvalue weighted by Gasteiger charge is 2.27. The number of carbonyl (C=O) groups excluding carboxylic acids is 1. The standard InChI is InChI=1S/C6H11NO.H2/c1-6(2)4-3-5(8)7-6;/h3-4H2,1-2H3,(H,7,8);1H. The van der Waals surface area contributed by atoms with E-state index in [-0.39, 0.29) is 12.9 Å². The van der Waals surface area contributed by atoms with Gasteiger partial charge in [-0.15, -0.1) is 0 Å². The molecular weight excluding hydrogens is 102 g/mol. The summed E-state index contributed by atoms with van der Waals surface area (Å²) >= 11 is 0. The van der Waals surface area contributed by atoms with Crippen molar-refractivity contribution < 1.29 is 6.22 Å². The maximum absolute atomic E-state index is 10.5. The summed E-state index contributed by atoms with van der Waals surface area (Å²) in [7, 11) is 0. The number of carbonyl (C=O) groups is 1. The Labute approximate surface area is 50.8 Å². The summed E-state index contributed by atoms with van der Waals surface area (Å²) in [5, 5.41) is 2.85. The summed E-state index contributed by atoms with van der Waals surface area (Å²) in [6, 6.07) is 0. The average Bonchev–Trinajstić information content (AvgIpc) is 1.82. The van der Waals surface area contributed by atoms with Crippen LogP contribution in [0.1, 0.15) is 28.1 Å². The molecule has 0 spiro atoms. The Balaban J connectivity index is 0.000000640. The largest absolute Gasteiger partial charge is 0.351 e. The molecule has 1 aliphatic heterocycles. The number of hydrogen-bond donors (Lipinski definition) is 1. The Morgan fingerprint density at radius 2 is 2.38 bits per heavy atom. The van der Waals surface area contributed by atoms with Gasteiger partial charge < -0.3 is 5.32 Å². The van der Waals surface area contributed by atoms with Crippen molar-refractivity contribution in [2.24, 2.45) is 0 Å². The molecule has 2 nitrogen and oxygen atoms in total. The lowest BCUT2D eigenvalue weighted by molar-refractivity contribution is -0.119. The van der Waals surface area contributed by atoms with Crippen LogP contribution in [-0.2, 0) is 4.79 Å². The fourth-order valence-electron chi connectivity index (χ4n) is 0.928. The number of nitrogens with one attached hydrogen (secondary N) is 1. The minimum absolute atomic E-state index is 0. The Hall–Kier alpha value is -0.530. The van der Waals surface area contributed by atoms with Crippen LogP contribution in [0.3, 0.4) is 0 Å². The monoisotopic (exact) mass is 115 g/mol. The Bertz CT molecular complexity index is 122. The van der Waals surface area contributed by atoms with Crippen LogP contribution < -0.4 is 5.32 Å². The van der Waals surface area contributed by atoms with E-state index >= 15 is 0 Å². The van der Waals surface area contributed by atoms with E-state index in [0.717, 1.165) is 6.42 Å². The highest BCUT2D eigenvalue weighted by molar-refractivity contribution is 5.79. The summed E-state index contributed by atoms with van der Waals surface area (Å²) in [6.07, 6.45) is 1.68. The van der Waals surface area contributed by atoms with Gasteiger partial charge in [-0.05, 0) is 20.3 Å². The lowest BCUT2D eigenvalue weighted by Crippen LogP contribution is -2.34. The van der Waals surface area contributed by atoms with Gasteiger partial charge in [0.05, 0.1) is 0 Å². The normalized spacial score (nSPS) is 25.5. The van der Waals surface area contributed by atoms with E-state index < -0.39 is 0 Å². The zero-order chi connectivity index (χ0) is 6.20. The molecule has 1 heterocycles. The molecule has 0 aromatic rings. The van der Waals surface area contributed by atoms with Crippen LogP contribution in [-0.4, -0.2) is 11.4 Å². The first-order valence-electron chi connectivity index (χ1n) is 2.91. The van der Waals surface area contributed by atoms with Gasteiger partial charge in [-0.3, -0.25) is 4.79 Å². The van der Waals surface area contributed by atoms with Gasteiger partial charge in [-0.2, -0.15) is 0 Å². The van der Waals surface area contributed by atoms with E-state index in [1.165, 1.54) is 0 Å². The molecule has 0 radical (unpaired) electrons. The molecule has 1 fully saturated rings. The summed E-state index contributed by atoms with van der Waals surface area (Å²) in [5.74, 6) is 0.190. The first kappa shape index (κ1) is 5.60. The average molecular weight is 115 g/mol. The van der Waals surface area contributed by atoms with E-state index in [4.69, 9.17) is 0 Å². The van der Waals surface area contributed by atoms with Crippen molar-refractivity contribution in [1.29, 1.82) is 0 Å². The lowest BCUT2D eigenvalue weighted by Gasteiger charge is -2.15. The van der Waals surface area contributed by atoms with Crippen LogP contribution in [0.15, 0.2) is 0 Å². The third-order valence-corrected chi connectivity index (χ3v) is 1.45. The predicted molar refractivity (Wildman–Crippen MR) is 33.6 cm³/mol. The second kappa shape index (κ2) is 1.47. The molecule has 2 heteroatoms. The number of hydrogen-bond acceptors (Lipinski definition) is 1. The molecule has 8 heavy (non-hydrogen) atoms. The second-order valence-corrected chi connectivity index (χ2v) is 2.93. The van der Waals surface area contributed by atoms with Gasteiger partial charge in [0.1, 0.15) is 0 Å². The van der Waals surface area contributed by atoms with E-state index in [1.54, 1.807) is 0 Å². The molecule has 0 aromatic carbocycles. The first-order chi connectivity index (χ1) is 3.60. The minimum Gasteiger partial charge on any atom is -0.351 e. The van der Waals surface area contributed by atoms with E-state index in [9.17, 15) is 4.79 Å². The zero-order valence-electron chi connectivity index (χ0n) is 5.32. The molecular formula is C6H13NO.